The summed E-state index contributed by atoms with van der Waals surface area (Å²) < 4.78 is 15.1. The van der Waals surface area contributed by atoms with Gasteiger partial charge in [-0.2, -0.15) is 0 Å². The Kier molecular flexibility index (Phi) is 3.99. The van der Waals surface area contributed by atoms with Gasteiger partial charge in [-0.05, 0) is 60.7 Å². The van der Waals surface area contributed by atoms with Crippen LogP contribution in [0, 0.1) is 5.82 Å². The third-order valence-electron chi connectivity index (χ3n) is 3.71. The molecule has 25 heavy (non-hydrogen) atoms. The fourth-order valence-corrected chi connectivity index (χ4v) is 2.62. The number of nitrogens with zero attached hydrogens (tertiary/aromatic N) is 4. The molecule has 0 aliphatic rings. The van der Waals surface area contributed by atoms with Gasteiger partial charge in [0.05, 0.1) is 5.69 Å². The molecule has 2 aromatic carbocycles. The number of benzene rings is 2. The second kappa shape index (κ2) is 6.45. The van der Waals surface area contributed by atoms with E-state index in [4.69, 9.17) is 11.6 Å². The molecule has 0 saturated heterocycles. The summed E-state index contributed by atoms with van der Waals surface area (Å²) in [5.41, 5.74) is 2.84. The molecule has 0 amide bonds. The molecule has 0 aliphatic carbocycles. The Balaban J connectivity index is 1.84. The Morgan fingerprint density at radius 3 is 2.40 bits per heavy atom. The molecule has 0 spiro atoms. The zero-order chi connectivity index (χ0) is 17.2. The van der Waals surface area contributed by atoms with E-state index in [2.05, 4.69) is 15.2 Å². The zero-order valence-electron chi connectivity index (χ0n) is 13.0. The van der Waals surface area contributed by atoms with Crippen molar-refractivity contribution in [3.63, 3.8) is 0 Å². The van der Waals surface area contributed by atoms with Gasteiger partial charge in [-0.3, -0.25) is 4.40 Å². The number of halogens is 2. The van der Waals surface area contributed by atoms with Gasteiger partial charge in [-0.25, -0.2) is 9.37 Å². The van der Waals surface area contributed by atoms with Gasteiger partial charge in [0, 0.05) is 16.8 Å². The molecule has 4 nitrogen and oxygen atoms in total. The van der Waals surface area contributed by atoms with Gasteiger partial charge in [0.1, 0.15) is 17.2 Å². The first-order valence-corrected chi connectivity index (χ1v) is 7.99. The van der Waals surface area contributed by atoms with Crippen molar-refractivity contribution in [1.82, 2.24) is 9.38 Å². The maximum atomic E-state index is 13.2. The molecule has 0 fully saturated rings. The first kappa shape index (κ1) is 15.5. The van der Waals surface area contributed by atoms with Crippen molar-refractivity contribution >= 4 is 28.8 Å². The van der Waals surface area contributed by atoms with E-state index in [-0.39, 0.29) is 5.82 Å². The van der Waals surface area contributed by atoms with Crippen LogP contribution in [-0.4, -0.2) is 9.38 Å². The van der Waals surface area contributed by atoms with Crippen molar-refractivity contribution in [2.24, 2.45) is 10.2 Å². The number of rotatable bonds is 3. The van der Waals surface area contributed by atoms with Crippen LogP contribution < -0.4 is 0 Å². The molecule has 0 bridgehead atoms. The summed E-state index contributed by atoms with van der Waals surface area (Å²) >= 11 is 5.89. The van der Waals surface area contributed by atoms with Gasteiger partial charge in [0.25, 0.3) is 0 Å². The molecule has 4 aromatic rings. The van der Waals surface area contributed by atoms with Gasteiger partial charge in [0.2, 0.25) is 0 Å². The number of aromatic nitrogens is 2. The molecule has 0 radical (unpaired) electrons. The monoisotopic (exact) mass is 350 g/mol. The van der Waals surface area contributed by atoms with Crippen molar-refractivity contribution < 1.29 is 4.39 Å². The van der Waals surface area contributed by atoms with Crippen LogP contribution in [0.1, 0.15) is 0 Å². The van der Waals surface area contributed by atoms with Crippen LogP contribution in [0.4, 0.5) is 15.9 Å². The smallest absolute Gasteiger partial charge is 0.187 e. The minimum Gasteiger partial charge on any atom is -0.283 e. The number of azo groups is 1. The molecule has 2 heterocycles. The Labute approximate surface area is 148 Å². The highest BCUT2D eigenvalue weighted by Crippen LogP contribution is 2.32. The molecule has 0 atom stereocenters. The molecule has 0 saturated carbocycles. The summed E-state index contributed by atoms with van der Waals surface area (Å²) in [4.78, 5) is 4.60. The SMILES string of the molecule is Fc1ccc(-c2nc3ccccn3c2N=Nc2ccc(Cl)cc2)cc1. The number of pyridine rings is 1. The predicted octanol–water partition coefficient (Wildman–Crippen LogP) is 6.21. The quantitative estimate of drug-likeness (QED) is 0.405. The minimum atomic E-state index is -0.295. The van der Waals surface area contributed by atoms with Crippen LogP contribution in [0.15, 0.2) is 83.2 Å². The summed E-state index contributed by atoms with van der Waals surface area (Å²) in [5, 5.41) is 9.30. The van der Waals surface area contributed by atoms with Gasteiger partial charge in [0.15, 0.2) is 5.82 Å². The highest BCUT2D eigenvalue weighted by Gasteiger charge is 2.13. The Hall–Kier alpha value is -3.05. The summed E-state index contributed by atoms with van der Waals surface area (Å²) in [5.74, 6) is 0.286. The van der Waals surface area contributed by atoms with E-state index < -0.39 is 0 Å². The van der Waals surface area contributed by atoms with E-state index >= 15 is 0 Å². The van der Waals surface area contributed by atoms with Crippen molar-refractivity contribution in [1.29, 1.82) is 0 Å². The summed E-state index contributed by atoms with van der Waals surface area (Å²) in [6.07, 6.45) is 1.87. The third kappa shape index (κ3) is 3.14. The maximum absolute atomic E-state index is 13.2. The highest BCUT2D eigenvalue weighted by atomic mass is 35.5. The second-order valence-electron chi connectivity index (χ2n) is 5.40. The van der Waals surface area contributed by atoms with Crippen LogP contribution >= 0.6 is 11.6 Å². The average Bonchev–Trinajstić information content (AvgIpc) is 3.00. The fraction of sp³-hybridized carbons (Fsp3) is 0. The van der Waals surface area contributed by atoms with Crippen LogP contribution in [0.3, 0.4) is 0 Å². The molecule has 0 aliphatic heterocycles. The van der Waals surface area contributed by atoms with E-state index in [1.165, 1.54) is 12.1 Å². The summed E-state index contributed by atoms with van der Waals surface area (Å²) in [6.45, 7) is 0. The van der Waals surface area contributed by atoms with Crippen molar-refractivity contribution in [3.05, 3.63) is 83.8 Å². The summed E-state index contributed by atoms with van der Waals surface area (Å²) in [6, 6.07) is 18.9. The zero-order valence-corrected chi connectivity index (χ0v) is 13.7. The van der Waals surface area contributed by atoms with E-state index in [0.29, 0.717) is 22.2 Å². The highest BCUT2D eigenvalue weighted by molar-refractivity contribution is 6.30. The van der Waals surface area contributed by atoms with E-state index in [9.17, 15) is 4.39 Å². The lowest BCUT2D eigenvalue weighted by Gasteiger charge is -2.00. The van der Waals surface area contributed by atoms with E-state index in [1.54, 1.807) is 36.4 Å². The largest absolute Gasteiger partial charge is 0.283 e. The third-order valence-corrected chi connectivity index (χ3v) is 3.96. The number of imidazole rings is 1. The van der Waals surface area contributed by atoms with E-state index in [1.807, 2.05) is 28.8 Å². The molecular formula is C19H12ClFN4. The van der Waals surface area contributed by atoms with Crippen molar-refractivity contribution in [2.45, 2.75) is 0 Å². The molecule has 0 N–H and O–H groups in total. The molecule has 6 heteroatoms. The standard InChI is InChI=1S/C19H12ClFN4/c20-14-6-10-16(11-7-14)23-24-19-18(13-4-8-15(21)9-5-13)22-17-3-1-2-12-25(17)19/h1-12H. The van der Waals surface area contributed by atoms with Crippen LogP contribution in [0.2, 0.25) is 5.02 Å². The predicted molar refractivity (Wildman–Crippen MR) is 96.2 cm³/mol. The fourth-order valence-electron chi connectivity index (χ4n) is 2.49. The molecule has 122 valence electrons. The molecule has 0 unspecified atom stereocenters. The molecular weight excluding hydrogens is 339 g/mol. The minimum absolute atomic E-state index is 0.295. The lowest BCUT2D eigenvalue weighted by atomic mass is 10.1. The average molecular weight is 351 g/mol. The first-order chi connectivity index (χ1) is 12.2. The lowest BCUT2D eigenvalue weighted by Crippen LogP contribution is -1.82. The Morgan fingerprint density at radius 2 is 1.64 bits per heavy atom. The summed E-state index contributed by atoms with van der Waals surface area (Å²) in [7, 11) is 0. The van der Waals surface area contributed by atoms with Crippen LogP contribution in [0.5, 0.6) is 0 Å². The van der Waals surface area contributed by atoms with Crippen LogP contribution in [0.25, 0.3) is 16.9 Å². The lowest BCUT2D eigenvalue weighted by molar-refractivity contribution is 0.628. The number of hydrogen-bond acceptors (Lipinski definition) is 3. The number of fused-ring (bicyclic) bond motifs is 1. The van der Waals surface area contributed by atoms with Gasteiger partial charge in [-0.15, -0.1) is 10.2 Å². The van der Waals surface area contributed by atoms with Crippen molar-refractivity contribution in [2.75, 3.05) is 0 Å². The van der Waals surface area contributed by atoms with Crippen LogP contribution in [-0.2, 0) is 0 Å². The normalized spacial score (nSPS) is 11.4. The molecule has 2 aromatic heterocycles. The van der Waals surface area contributed by atoms with E-state index in [0.717, 1.165) is 11.2 Å². The number of hydrogen-bond donors (Lipinski definition) is 0. The maximum Gasteiger partial charge on any atom is 0.187 e. The molecule has 4 rings (SSSR count). The Bertz CT molecular complexity index is 1050. The van der Waals surface area contributed by atoms with Gasteiger partial charge in [-0.1, -0.05) is 17.7 Å². The second-order valence-corrected chi connectivity index (χ2v) is 5.83. The topological polar surface area (TPSA) is 42.0 Å². The first-order valence-electron chi connectivity index (χ1n) is 7.61. The Morgan fingerprint density at radius 1 is 0.880 bits per heavy atom. The van der Waals surface area contributed by atoms with Crippen molar-refractivity contribution in [3.8, 4) is 11.3 Å². The van der Waals surface area contributed by atoms with Gasteiger partial charge < -0.3 is 0 Å². The van der Waals surface area contributed by atoms with Gasteiger partial charge >= 0.3 is 0 Å².